The van der Waals surface area contributed by atoms with E-state index in [1.54, 1.807) is 0 Å². The number of halogens is 2. The van der Waals surface area contributed by atoms with Crippen molar-refractivity contribution in [1.29, 1.82) is 0 Å². The van der Waals surface area contributed by atoms with Gasteiger partial charge in [0, 0.05) is 21.7 Å². The fraction of sp³-hybridized carbons (Fsp3) is 0.273. The van der Waals surface area contributed by atoms with Crippen molar-refractivity contribution in [2.24, 2.45) is 5.92 Å². The Kier molecular flexibility index (Phi) is 4.73. The van der Waals surface area contributed by atoms with Gasteiger partial charge in [-0.1, -0.05) is 48.0 Å². The van der Waals surface area contributed by atoms with Crippen LogP contribution in [0.25, 0.3) is 0 Å². The van der Waals surface area contributed by atoms with Gasteiger partial charge in [-0.25, -0.2) is 0 Å². The highest BCUT2D eigenvalue weighted by Gasteiger charge is 2.38. The first-order valence-electron chi connectivity index (χ1n) is 8.82. The minimum absolute atomic E-state index is 0.162. The Morgan fingerprint density at radius 3 is 2.81 bits per heavy atom. The third-order valence-electron chi connectivity index (χ3n) is 5.12. The summed E-state index contributed by atoms with van der Waals surface area (Å²) >= 11 is 12.6. The molecule has 4 heteroatoms. The lowest BCUT2D eigenvalue weighted by Gasteiger charge is -2.38. The van der Waals surface area contributed by atoms with Gasteiger partial charge in [-0.05, 0) is 66.3 Å². The second kappa shape index (κ2) is 7.02. The molecule has 0 bridgehead atoms. The Labute approximate surface area is 164 Å². The van der Waals surface area contributed by atoms with E-state index in [2.05, 4.69) is 36.2 Å². The van der Waals surface area contributed by atoms with Crippen LogP contribution < -0.4 is 10.1 Å². The van der Waals surface area contributed by atoms with Gasteiger partial charge in [-0.3, -0.25) is 0 Å². The molecule has 4 rings (SSSR count). The zero-order valence-electron chi connectivity index (χ0n) is 14.6. The van der Waals surface area contributed by atoms with Gasteiger partial charge in [-0.2, -0.15) is 0 Å². The van der Waals surface area contributed by atoms with Crippen molar-refractivity contribution in [1.82, 2.24) is 0 Å². The molecule has 0 fully saturated rings. The minimum Gasteiger partial charge on any atom is -0.489 e. The predicted molar refractivity (Wildman–Crippen MR) is 110 cm³/mol. The van der Waals surface area contributed by atoms with E-state index >= 15 is 0 Å². The lowest BCUT2D eigenvalue weighted by molar-refractivity contribution is 0.350. The van der Waals surface area contributed by atoms with Crippen molar-refractivity contribution in [2.75, 3.05) is 11.9 Å². The van der Waals surface area contributed by atoms with E-state index in [0.717, 1.165) is 29.0 Å². The maximum atomic E-state index is 6.50. The van der Waals surface area contributed by atoms with Crippen LogP contribution >= 0.6 is 23.2 Å². The molecule has 134 valence electrons. The zero-order chi connectivity index (χ0) is 18.3. The van der Waals surface area contributed by atoms with E-state index < -0.39 is 0 Å². The summed E-state index contributed by atoms with van der Waals surface area (Å²) in [6.45, 7) is 6.41. The molecule has 2 aromatic rings. The van der Waals surface area contributed by atoms with E-state index in [1.807, 2.05) is 31.2 Å². The first-order valence-corrected chi connectivity index (χ1v) is 9.58. The first kappa shape index (κ1) is 17.5. The maximum absolute atomic E-state index is 6.50. The normalized spacial score (nSPS) is 23.1. The fourth-order valence-electron chi connectivity index (χ4n) is 3.93. The Bertz CT molecular complexity index is 890. The van der Waals surface area contributed by atoms with E-state index in [0.29, 0.717) is 28.5 Å². The van der Waals surface area contributed by atoms with E-state index in [9.17, 15) is 0 Å². The number of rotatable bonds is 4. The smallest absolute Gasteiger partial charge is 0.120 e. The molecule has 3 atom stereocenters. The number of hydrogen-bond donors (Lipinski definition) is 1. The van der Waals surface area contributed by atoms with Crippen molar-refractivity contribution in [3.63, 3.8) is 0 Å². The molecule has 3 unspecified atom stereocenters. The predicted octanol–water partition coefficient (Wildman–Crippen LogP) is 6.77. The Morgan fingerprint density at radius 2 is 2.04 bits per heavy atom. The molecule has 0 aromatic heterocycles. The van der Waals surface area contributed by atoms with Crippen LogP contribution in [-0.4, -0.2) is 6.61 Å². The van der Waals surface area contributed by atoms with Gasteiger partial charge in [0.2, 0.25) is 0 Å². The van der Waals surface area contributed by atoms with Crippen molar-refractivity contribution in [3.05, 3.63) is 81.9 Å². The number of hydrogen-bond acceptors (Lipinski definition) is 2. The fourth-order valence-corrected chi connectivity index (χ4v) is 4.46. The molecule has 26 heavy (non-hydrogen) atoms. The largest absolute Gasteiger partial charge is 0.489 e. The second-order valence-corrected chi connectivity index (χ2v) is 7.98. The van der Waals surface area contributed by atoms with Crippen molar-refractivity contribution in [2.45, 2.75) is 25.3 Å². The molecule has 2 aromatic carbocycles. The van der Waals surface area contributed by atoms with Crippen molar-refractivity contribution < 1.29 is 4.74 Å². The molecule has 1 aliphatic heterocycles. The van der Waals surface area contributed by atoms with Gasteiger partial charge in [0.05, 0.1) is 6.04 Å². The molecule has 2 nitrogen and oxygen atoms in total. The third-order valence-corrected chi connectivity index (χ3v) is 5.68. The highest BCUT2D eigenvalue weighted by Crippen LogP contribution is 2.51. The number of benzene rings is 2. The molecule has 0 saturated carbocycles. The van der Waals surface area contributed by atoms with Gasteiger partial charge in [0.25, 0.3) is 0 Å². The topological polar surface area (TPSA) is 21.3 Å². The lowest BCUT2D eigenvalue weighted by atomic mass is 9.77. The summed E-state index contributed by atoms with van der Waals surface area (Å²) in [5.74, 6) is 1.67. The molecule has 0 spiro atoms. The monoisotopic (exact) mass is 385 g/mol. The van der Waals surface area contributed by atoms with Crippen molar-refractivity contribution in [3.8, 4) is 5.75 Å². The summed E-state index contributed by atoms with van der Waals surface area (Å²) in [5.41, 5.74) is 4.53. The highest BCUT2D eigenvalue weighted by molar-refractivity contribution is 6.35. The molecule has 1 heterocycles. The van der Waals surface area contributed by atoms with Gasteiger partial charge in [0.15, 0.2) is 0 Å². The van der Waals surface area contributed by atoms with E-state index in [-0.39, 0.29) is 6.04 Å². The number of ether oxygens (including phenoxy) is 1. The third kappa shape index (κ3) is 3.24. The SMILES string of the molecule is C=C(C)COc1ccc2c(c1)C1C=CCC1C(c1ccc(Cl)cc1Cl)N2. The van der Waals surface area contributed by atoms with Gasteiger partial charge < -0.3 is 10.1 Å². The molecule has 2 aliphatic rings. The van der Waals surface area contributed by atoms with Crippen LogP contribution in [0.3, 0.4) is 0 Å². The number of fused-ring (bicyclic) bond motifs is 3. The van der Waals surface area contributed by atoms with Gasteiger partial charge in [0.1, 0.15) is 12.4 Å². The van der Waals surface area contributed by atoms with Crippen LogP contribution in [0.15, 0.2) is 60.7 Å². The Balaban J connectivity index is 1.69. The van der Waals surface area contributed by atoms with E-state index in [1.165, 1.54) is 5.56 Å². The zero-order valence-corrected chi connectivity index (χ0v) is 16.1. The highest BCUT2D eigenvalue weighted by atomic mass is 35.5. The summed E-state index contributed by atoms with van der Waals surface area (Å²) in [4.78, 5) is 0. The minimum atomic E-state index is 0.162. The van der Waals surface area contributed by atoms with Crippen LogP contribution in [0.1, 0.15) is 36.4 Å². The summed E-state index contributed by atoms with van der Waals surface area (Å²) in [6.07, 6.45) is 5.60. The molecular formula is C22H21Cl2NO. The lowest BCUT2D eigenvalue weighted by Crippen LogP contribution is -2.29. The molecular weight excluding hydrogens is 365 g/mol. The first-order chi connectivity index (χ1) is 12.5. The van der Waals surface area contributed by atoms with Crippen LogP contribution in [0.2, 0.25) is 10.0 Å². The van der Waals surface area contributed by atoms with Crippen LogP contribution in [-0.2, 0) is 0 Å². The molecule has 1 aliphatic carbocycles. The summed E-state index contributed by atoms with van der Waals surface area (Å²) in [5, 5.41) is 5.07. The summed E-state index contributed by atoms with van der Waals surface area (Å²) in [7, 11) is 0. The summed E-state index contributed by atoms with van der Waals surface area (Å²) < 4.78 is 5.84. The van der Waals surface area contributed by atoms with Crippen LogP contribution in [0.4, 0.5) is 5.69 Å². The molecule has 0 saturated heterocycles. The molecule has 1 N–H and O–H groups in total. The second-order valence-electron chi connectivity index (χ2n) is 7.14. The van der Waals surface area contributed by atoms with Crippen LogP contribution in [0.5, 0.6) is 5.75 Å². The van der Waals surface area contributed by atoms with Gasteiger partial charge in [-0.15, -0.1) is 0 Å². The van der Waals surface area contributed by atoms with E-state index in [4.69, 9.17) is 27.9 Å². The molecule has 0 radical (unpaired) electrons. The van der Waals surface area contributed by atoms with Crippen LogP contribution in [0, 0.1) is 5.92 Å². The van der Waals surface area contributed by atoms with Gasteiger partial charge >= 0.3 is 0 Å². The van der Waals surface area contributed by atoms with Crippen molar-refractivity contribution >= 4 is 28.9 Å². The Morgan fingerprint density at radius 1 is 1.19 bits per heavy atom. The maximum Gasteiger partial charge on any atom is 0.120 e. The number of anilines is 1. The quantitative estimate of drug-likeness (QED) is 0.585. The Hall–Kier alpha value is -1.90. The number of nitrogens with one attached hydrogen (secondary N) is 1. The average molecular weight is 386 g/mol. The number of allylic oxidation sites excluding steroid dienone is 2. The summed E-state index contributed by atoms with van der Waals surface area (Å²) in [6, 6.07) is 12.2. The molecule has 0 amide bonds. The standard InChI is InChI=1S/C22H21Cl2NO/c1-13(2)12-26-15-7-9-21-19(11-15)16-4-3-5-17(16)22(25-21)18-8-6-14(23)10-20(18)24/h3-4,6-11,16-17,22,25H,1,5,12H2,2H3. The average Bonchev–Trinajstić information content (AvgIpc) is 3.09.